The molecule has 0 bridgehead atoms. The summed E-state index contributed by atoms with van der Waals surface area (Å²) in [6.45, 7) is 13.3. The van der Waals surface area contributed by atoms with Crippen LogP contribution in [0.1, 0.15) is 76.0 Å². The Labute approximate surface area is 454 Å². The highest BCUT2D eigenvalue weighted by Crippen LogP contribution is 2.36. The molecule has 0 fully saturated rings. The molecule has 13 aromatic rings. The second-order valence-corrected chi connectivity index (χ2v) is 21.1. The minimum Gasteiger partial charge on any atom is -0.292 e. The fourth-order valence-electron chi connectivity index (χ4n) is 10.5. The second kappa shape index (κ2) is 19.8. The van der Waals surface area contributed by atoms with Gasteiger partial charge in [0.05, 0.1) is 33.1 Å². The number of aromatic nitrogens is 9. The first-order chi connectivity index (χ1) is 38.1. The van der Waals surface area contributed by atoms with E-state index in [1.165, 1.54) is 16.7 Å². The molecule has 0 radical (unpaired) electrons. The summed E-state index contributed by atoms with van der Waals surface area (Å²) in [4.78, 5) is 31.2. The largest absolute Gasteiger partial charge is 0.292 e. The molecule has 378 valence electrons. The van der Waals surface area contributed by atoms with Gasteiger partial charge < -0.3 is 0 Å². The van der Waals surface area contributed by atoms with Crippen molar-refractivity contribution in [2.45, 2.75) is 59.3 Å². The van der Waals surface area contributed by atoms with E-state index in [1.807, 2.05) is 18.2 Å². The third-order valence-corrected chi connectivity index (χ3v) is 15.0. The average Bonchev–Trinajstić information content (AvgIpc) is 4.33. The molecule has 78 heavy (non-hydrogen) atoms. The standard InChI is InChI=1S/C69H57N9/c1-43(2)46-19-25-52(26-20-46)67-70-58-13-7-10-16-61(58)76(67)55-37-31-49(32-38-55)64-73-65(50-33-39-56(40-34-50)77-62-17-11-8-14-59(62)71-68(77)53-27-21-47(22-28-53)44(3)4)75-66(74-64)51-35-41-57(42-36-51)78-63-18-12-9-15-60(63)72-69(78)54-29-23-48(24-30-54)45(5)6/h7-45H,1-6H3. The Morgan fingerprint density at radius 1 is 0.244 bits per heavy atom. The summed E-state index contributed by atoms with van der Waals surface area (Å²) in [5, 5.41) is 0. The zero-order valence-corrected chi connectivity index (χ0v) is 44.5. The van der Waals surface area contributed by atoms with Crippen molar-refractivity contribution in [1.82, 2.24) is 43.6 Å². The van der Waals surface area contributed by atoms with Crippen LogP contribution in [0.5, 0.6) is 0 Å². The van der Waals surface area contributed by atoms with E-state index in [-0.39, 0.29) is 0 Å². The highest BCUT2D eigenvalue weighted by atomic mass is 15.1. The fraction of sp³-hybridized carbons (Fsp3) is 0.130. The predicted molar refractivity (Wildman–Crippen MR) is 319 cm³/mol. The minimum absolute atomic E-state index is 0.435. The summed E-state index contributed by atoms with van der Waals surface area (Å²) < 4.78 is 6.71. The van der Waals surface area contributed by atoms with Gasteiger partial charge in [-0.2, -0.15) is 0 Å². The van der Waals surface area contributed by atoms with Gasteiger partial charge in [-0.3, -0.25) is 13.7 Å². The fourth-order valence-corrected chi connectivity index (χ4v) is 10.5. The first kappa shape index (κ1) is 48.1. The quantitative estimate of drug-likeness (QED) is 0.121. The first-order valence-electron chi connectivity index (χ1n) is 26.9. The monoisotopic (exact) mass is 1010 g/mol. The Kier molecular flexibility index (Phi) is 12.2. The number of imidazole rings is 3. The van der Waals surface area contributed by atoms with Crippen LogP contribution in [0, 0.1) is 0 Å². The molecule has 0 spiro atoms. The summed E-state index contributed by atoms with van der Waals surface area (Å²) in [6, 6.07) is 76.6. The third-order valence-electron chi connectivity index (χ3n) is 15.0. The van der Waals surface area contributed by atoms with Crippen LogP contribution in [0.4, 0.5) is 0 Å². The van der Waals surface area contributed by atoms with E-state index >= 15 is 0 Å². The van der Waals surface area contributed by atoms with Gasteiger partial charge in [-0.25, -0.2) is 29.9 Å². The maximum absolute atomic E-state index is 5.24. The maximum Gasteiger partial charge on any atom is 0.164 e. The SMILES string of the molecule is CC(C)c1ccc(-c2nc3ccccc3n2-c2ccc(-c3nc(-c4ccc(-n5c(-c6ccc(C(C)C)cc6)nc6ccccc65)cc4)nc(-c4ccc(-n5c(-c6ccc(C(C)C)cc6)nc6ccccc65)cc4)n3)cc2)cc1. The molecule has 0 aliphatic rings. The van der Waals surface area contributed by atoms with Gasteiger partial charge in [0, 0.05) is 50.4 Å². The van der Waals surface area contributed by atoms with Crippen LogP contribution >= 0.6 is 0 Å². The summed E-state index contributed by atoms with van der Waals surface area (Å²) in [6.07, 6.45) is 0. The Morgan fingerprint density at radius 2 is 0.474 bits per heavy atom. The van der Waals surface area contributed by atoms with Gasteiger partial charge >= 0.3 is 0 Å². The van der Waals surface area contributed by atoms with Crippen LogP contribution in [0.25, 0.3) is 118 Å². The normalized spacial score (nSPS) is 11.8. The van der Waals surface area contributed by atoms with Crippen LogP contribution < -0.4 is 0 Å². The van der Waals surface area contributed by atoms with Crippen molar-refractivity contribution in [3.05, 3.63) is 235 Å². The van der Waals surface area contributed by atoms with Crippen LogP contribution in [-0.2, 0) is 0 Å². The van der Waals surface area contributed by atoms with Crippen molar-refractivity contribution in [2.75, 3.05) is 0 Å². The van der Waals surface area contributed by atoms with E-state index in [0.717, 1.165) is 101 Å². The third kappa shape index (κ3) is 8.82. The molecule has 13 rings (SSSR count). The number of para-hydroxylation sites is 6. The lowest BCUT2D eigenvalue weighted by Gasteiger charge is -2.14. The molecule has 0 aliphatic carbocycles. The number of rotatable bonds is 12. The van der Waals surface area contributed by atoms with Gasteiger partial charge in [0.15, 0.2) is 17.5 Å². The molecule has 9 nitrogen and oxygen atoms in total. The van der Waals surface area contributed by atoms with Gasteiger partial charge in [0.25, 0.3) is 0 Å². The molecule has 0 unspecified atom stereocenters. The van der Waals surface area contributed by atoms with Crippen LogP contribution in [-0.4, -0.2) is 43.6 Å². The lowest BCUT2D eigenvalue weighted by Crippen LogP contribution is -2.02. The van der Waals surface area contributed by atoms with E-state index in [9.17, 15) is 0 Å². The van der Waals surface area contributed by atoms with Crippen LogP contribution in [0.15, 0.2) is 218 Å². The zero-order valence-electron chi connectivity index (χ0n) is 44.5. The number of hydrogen-bond acceptors (Lipinski definition) is 6. The highest BCUT2D eigenvalue weighted by Gasteiger charge is 2.20. The number of nitrogens with zero attached hydrogens (tertiary/aromatic N) is 9. The smallest absolute Gasteiger partial charge is 0.164 e. The molecule has 0 amide bonds. The highest BCUT2D eigenvalue weighted by molar-refractivity contribution is 5.86. The Morgan fingerprint density at radius 3 is 0.718 bits per heavy atom. The lowest BCUT2D eigenvalue weighted by molar-refractivity contribution is 0.866. The van der Waals surface area contributed by atoms with Crippen molar-refractivity contribution in [1.29, 1.82) is 0 Å². The van der Waals surface area contributed by atoms with Crippen molar-refractivity contribution >= 4 is 33.1 Å². The Hall–Kier alpha value is -9.60. The van der Waals surface area contributed by atoms with E-state index in [0.29, 0.717) is 35.2 Å². The van der Waals surface area contributed by atoms with Gasteiger partial charge in [0.2, 0.25) is 0 Å². The van der Waals surface area contributed by atoms with Gasteiger partial charge in [-0.05, 0) is 144 Å². The van der Waals surface area contributed by atoms with Gasteiger partial charge in [-0.15, -0.1) is 0 Å². The van der Waals surface area contributed by atoms with Crippen LogP contribution in [0.3, 0.4) is 0 Å². The Balaban J connectivity index is 0.911. The molecule has 0 saturated carbocycles. The Bertz CT molecular complexity index is 3840. The molecule has 4 aromatic heterocycles. The zero-order chi connectivity index (χ0) is 53.0. The van der Waals surface area contributed by atoms with Crippen molar-refractivity contribution in [3.63, 3.8) is 0 Å². The maximum atomic E-state index is 5.24. The molecule has 0 aliphatic heterocycles. The molecule has 4 heterocycles. The summed E-state index contributed by atoms with van der Waals surface area (Å²) in [7, 11) is 0. The first-order valence-corrected chi connectivity index (χ1v) is 26.9. The van der Waals surface area contributed by atoms with Gasteiger partial charge in [-0.1, -0.05) is 151 Å². The predicted octanol–water partition coefficient (Wildman–Crippen LogP) is 17.3. The van der Waals surface area contributed by atoms with Crippen LogP contribution in [0.2, 0.25) is 0 Å². The van der Waals surface area contributed by atoms with Gasteiger partial charge in [0.1, 0.15) is 17.5 Å². The number of benzene rings is 9. The topological polar surface area (TPSA) is 92.1 Å². The molecular formula is C69H57N9. The minimum atomic E-state index is 0.435. The van der Waals surface area contributed by atoms with Crippen molar-refractivity contribution in [2.24, 2.45) is 0 Å². The van der Waals surface area contributed by atoms with Crippen molar-refractivity contribution in [3.8, 4) is 85.4 Å². The van der Waals surface area contributed by atoms with E-state index in [1.54, 1.807) is 0 Å². The molecule has 0 atom stereocenters. The van der Waals surface area contributed by atoms with E-state index in [4.69, 9.17) is 29.9 Å². The summed E-state index contributed by atoms with van der Waals surface area (Å²) in [5.41, 5.74) is 18.5. The molecule has 9 aromatic carbocycles. The lowest BCUT2D eigenvalue weighted by atomic mass is 10.0. The van der Waals surface area contributed by atoms with Crippen molar-refractivity contribution < 1.29 is 0 Å². The second-order valence-electron chi connectivity index (χ2n) is 21.1. The average molecular weight is 1010 g/mol. The molecule has 0 saturated heterocycles. The summed E-state index contributed by atoms with van der Waals surface area (Å²) in [5.74, 6) is 5.65. The van der Waals surface area contributed by atoms with E-state index < -0.39 is 0 Å². The molecular weight excluding hydrogens is 955 g/mol. The number of fused-ring (bicyclic) bond motifs is 3. The molecule has 0 N–H and O–H groups in total. The number of hydrogen-bond donors (Lipinski definition) is 0. The summed E-state index contributed by atoms with van der Waals surface area (Å²) >= 11 is 0. The van der Waals surface area contributed by atoms with E-state index in [2.05, 4.69) is 255 Å². The molecule has 9 heteroatoms.